The van der Waals surface area contributed by atoms with Crippen molar-refractivity contribution in [3.63, 3.8) is 0 Å². The van der Waals surface area contributed by atoms with Crippen LogP contribution in [0.25, 0.3) is 27.8 Å². The molecule has 0 saturated carbocycles. The Kier molecular flexibility index (Phi) is 6.07. The third-order valence-electron chi connectivity index (χ3n) is 10.7. The standard InChI is InChI=1S/C46H30N6/c1-2-14-31(15-3-1)50-37-21-8-4-17-33(37)46(34-18-5-9-22-38(34)50)35-19-6-10-23-39(35)52(40-24-11-7-20-36(40)46)43-27-26-42-45(49-43)44-41(25-13-29-48-44)51(42)32-16-12-28-47-30-32/h1-30H. The van der Waals surface area contributed by atoms with Crippen LogP contribution in [0.3, 0.4) is 0 Å². The first kappa shape index (κ1) is 28.8. The van der Waals surface area contributed by atoms with Crippen LogP contribution in [0.5, 0.6) is 0 Å². The van der Waals surface area contributed by atoms with Crippen molar-refractivity contribution in [1.82, 2.24) is 19.5 Å². The minimum atomic E-state index is -0.593. The molecule has 0 N–H and O–H groups in total. The summed E-state index contributed by atoms with van der Waals surface area (Å²) in [5.41, 5.74) is 14.6. The van der Waals surface area contributed by atoms with E-state index in [4.69, 9.17) is 9.97 Å². The second kappa shape index (κ2) is 11.0. The average Bonchev–Trinajstić information content (AvgIpc) is 3.55. The van der Waals surface area contributed by atoms with Crippen molar-refractivity contribution in [3.8, 4) is 5.69 Å². The fraction of sp³-hybridized carbons (Fsp3) is 0.0217. The summed E-state index contributed by atoms with van der Waals surface area (Å²) in [6.07, 6.45) is 5.52. The van der Waals surface area contributed by atoms with E-state index in [9.17, 15) is 0 Å². The number of para-hydroxylation sites is 5. The second-order valence-corrected chi connectivity index (χ2v) is 13.3. The van der Waals surface area contributed by atoms with Gasteiger partial charge in [0.25, 0.3) is 0 Å². The van der Waals surface area contributed by atoms with Gasteiger partial charge >= 0.3 is 0 Å². The van der Waals surface area contributed by atoms with Crippen LogP contribution >= 0.6 is 0 Å². The zero-order valence-electron chi connectivity index (χ0n) is 28.0. The molecular weight excluding hydrogens is 637 g/mol. The van der Waals surface area contributed by atoms with Crippen molar-refractivity contribution in [2.24, 2.45) is 0 Å². The van der Waals surface area contributed by atoms with Gasteiger partial charge in [-0.1, -0.05) is 91.0 Å². The Labute approximate surface area is 300 Å². The maximum absolute atomic E-state index is 5.46. The third kappa shape index (κ3) is 3.80. The first-order valence-electron chi connectivity index (χ1n) is 17.5. The fourth-order valence-corrected chi connectivity index (χ4v) is 8.75. The van der Waals surface area contributed by atoms with E-state index >= 15 is 0 Å². The number of benzene rings is 5. The van der Waals surface area contributed by atoms with E-state index in [1.807, 2.05) is 24.5 Å². The predicted molar refractivity (Wildman–Crippen MR) is 209 cm³/mol. The molecule has 1 spiro atoms. The van der Waals surface area contributed by atoms with Gasteiger partial charge in [-0.3, -0.25) is 14.9 Å². The molecular formula is C46H30N6. The van der Waals surface area contributed by atoms with Gasteiger partial charge in [-0.2, -0.15) is 0 Å². The lowest BCUT2D eigenvalue weighted by atomic mass is 9.60. The minimum absolute atomic E-state index is 0.593. The van der Waals surface area contributed by atoms with Crippen molar-refractivity contribution in [2.45, 2.75) is 5.41 Å². The molecule has 6 heteroatoms. The van der Waals surface area contributed by atoms with E-state index in [1.165, 1.54) is 33.6 Å². The topological polar surface area (TPSA) is 50.1 Å². The molecule has 0 aliphatic carbocycles. The zero-order valence-corrected chi connectivity index (χ0v) is 28.0. The molecule has 5 aromatic carbocycles. The summed E-state index contributed by atoms with van der Waals surface area (Å²) in [4.78, 5) is 19.5. The van der Waals surface area contributed by atoms with Gasteiger partial charge in [0, 0.05) is 18.1 Å². The summed E-state index contributed by atoms with van der Waals surface area (Å²) in [6, 6.07) is 58.6. The Morgan fingerprint density at radius 2 is 0.923 bits per heavy atom. The van der Waals surface area contributed by atoms with Gasteiger partial charge < -0.3 is 9.47 Å². The Hall–Kier alpha value is -7.05. The summed E-state index contributed by atoms with van der Waals surface area (Å²) in [5.74, 6) is 0.835. The number of hydrogen-bond acceptors (Lipinski definition) is 5. The molecule has 4 aromatic heterocycles. The number of hydrogen-bond donors (Lipinski definition) is 0. The van der Waals surface area contributed by atoms with Crippen LogP contribution in [0.1, 0.15) is 22.3 Å². The van der Waals surface area contributed by atoms with Gasteiger partial charge in [0.15, 0.2) is 0 Å². The highest BCUT2D eigenvalue weighted by molar-refractivity contribution is 6.06. The quantitative estimate of drug-likeness (QED) is 0.188. The molecule has 2 aliphatic rings. The van der Waals surface area contributed by atoms with E-state index in [-0.39, 0.29) is 0 Å². The molecule has 0 amide bonds. The largest absolute Gasteiger partial charge is 0.310 e. The number of anilines is 6. The summed E-state index contributed by atoms with van der Waals surface area (Å²) in [6.45, 7) is 0. The van der Waals surface area contributed by atoms with Crippen LogP contribution in [0.4, 0.5) is 34.3 Å². The monoisotopic (exact) mass is 666 g/mol. The maximum atomic E-state index is 5.46. The van der Waals surface area contributed by atoms with Crippen molar-refractivity contribution in [2.75, 3.05) is 9.80 Å². The lowest BCUT2D eigenvalue weighted by Crippen LogP contribution is -2.42. The molecule has 2 aliphatic heterocycles. The Morgan fingerprint density at radius 1 is 0.404 bits per heavy atom. The molecule has 0 fully saturated rings. The van der Waals surface area contributed by atoms with Gasteiger partial charge in [0.2, 0.25) is 0 Å². The summed E-state index contributed by atoms with van der Waals surface area (Å²) >= 11 is 0. The number of aromatic nitrogens is 4. The molecule has 11 rings (SSSR count). The van der Waals surface area contributed by atoms with Gasteiger partial charge in [0.05, 0.1) is 51.1 Å². The molecule has 0 atom stereocenters. The van der Waals surface area contributed by atoms with Gasteiger partial charge in [-0.25, -0.2) is 4.98 Å². The smallest absolute Gasteiger partial charge is 0.138 e. The molecule has 0 unspecified atom stereocenters. The van der Waals surface area contributed by atoms with Crippen LogP contribution in [-0.4, -0.2) is 19.5 Å². The average molecular weight is 667 g/mol. The lowest BCUT2D eigenvalue weighted by molar-refractivity contribution is 0.718. The molecule has 9 aromatic rings. The number of nitrogens with zero attached hydrogens (tertiary/aromatic N) is 6. The van der Waals surface area contributed by atoms with Crippen LogP contribution in [0.15, 0.2) is 182 Å². The number of fused-ring (bicyclic) bond motifs is 11. The fourth-order valence-electron chi connectivity index (χ4n) is 8.75. The SMILES string of the molecule is c1ccc(N2c3ccccc3C3(c4ccccc42)c2ccccc2N(c2ccc4c(n2)c2ncccc2n4-c2cccnc2)c2ccccc23)cc1. The highest BCUT2D eigenvalue weighted by atomic mass is 15.2. The van der Waals surface area contributed by atoms with E-state index in [2.05, 4.69) is 171 Å². The van der Waals surface area contributed by atoms with Crippen molar-refractivity contribution >= 4 is 56.3 Å². The van der Waals surface area contributed by atoms with Gasteiger partial charge in [-0.05, 0) is 95.1 Å². The Bertz CT molecular complexity index is 2730. The number of rotatable bonds is 3. The predicted octanol–water partition coefficient (Wildman–Crippen LogP) is 10.9. The van der Waals surface area contributed by atoms with Gasteiger partial charge in [0.1, 0.15) is 16.9 Å². The van der Waals surface area contributed by atoms with Crippen molar-refractivity contribution in [3.05, 3.63) is 205 Å². The lowest BCUT2D eigenvalue weighted by Gasteiger charge is -2.51. The van der Waals surface area contributed by atoms with E-state index in [1.54, 1.807) is 6.20 Å². The molecule has 0 bridgehead atoms. The molecule has 6 nitrogen and oxygen atoms in total. The highest BCUT2D eigenvalue weighted by Crippen LogP contribution is 2.63. The van der Waals surface area contributed by atoms with E-state index < -0.39 is 5.41 Å². The van der Waals surface area contributed by atoms with E-state index in [0.29, 0.717) is 0 Å². The maximum Gasteiger partial charge on any atom is 0.138 e. The molecule has 244 valence electrons. The Morgan fingerprint density at radius 3 is 1.52 bits per heavy atom. The third-order valence-corrected chi connectivity index (χ3v) is 10.7. The first-order valence-corrected chi connectivity index (χ1v) is 17.5. The van der Waals surface area contributed by atoms with Crippen molar-refractivity contribution in [1.29, 1.82) is 0 Å². The molecule has 0 saturated heterocycles. The summed E-state index contributed by atoms with van der Waals surface area (Å²) in [5, 5.41) is 0. The minimum Gasteiger partial charge on any atom is -0.310 e. The number of pyridine rings is 3. The van der Waals surface area contributed by atoms with Crippen LogP contribution in [-0.2, 0) is 5.41 Å². The summed E-state index contributed by atoms with van der Waals surface area (Å²) in [7, 11) is 0. The normalized spacial score (nSPS) is 13.8. The summed E-state index contributed by atoms with van der Waals surface area (Å²) < 4.78 is 2.20. The van der Waals surface area contributed by atoms with E-state index in [0.717, 1.165) is 50.6 Å². The van der Waals surface area contributed by atoms with Gasteiger partial charge in [-0.15, -0.1) is 0 Å². The molecule has 52 heavy (non-hydrogen) atoms. The van der Waals surface area contributed by atoms with Crippen LogP contribution in [0.2, 0.25) is 0 Å². The van der Waals surface area contributed by atoms with Crippen LogP contribution in [0, 0.1) is 0 Å². The van der Waals surface area contributed by atoms with Crippen molar-refractivity contribution < 1.29 is 0 Å². The first-order chi connectivity index (χ1) is 25.8. The zero-order chi connectivity index (χ0) is 34.2. The second-order valence-electron chi connectivity index (χ2n) is 13.3. The molecule has 0 radical (unpaired) electrons. The van der Waals surface area contributed by atoms with Crippen LogP contribution < -0.4 is 9.80 Å². The Balaban J connectivity index is 1.20. The molecule has 6 heterocycles. The highest BCUT2D eigenvalue weighted by Gasteiger charge is 2.51.